The molecule has 0 bridgehead atoms. The van der Waals surface area contributed by atoms with Gasteiger partial charge in [-0.25, -0.2) is 0 Å². The molecule has 0 unspecified atom stereocenters. The zero-order valence-corrected chi connectivity index (χ0v) is 27.4. The summed E-state index contributed by atoms with van der Waals surface area (Å²) in [7, 11) is 0. The molecule has 7 aromatic rings. The van der Waals surface area contributed by atoms with Crippen molar-refractivity contribution in [3.63, 3.8) is 0 Å². The molecule has 4 aromatic carbocycles. The van der Waals surface area contributed by atoms with E-state index in [1.54, 1.807) is 0 Å². The summed E-state index contributed by atoms with van der Waals surface area (Å²) in [5.74, 6) is 1.46. The van der Waals surface area contributed by atoms with Gasteiger partial charge >= 0.3 is 0 Å². The Labute approximate surface area is 264 Å². The van der Waals surface area contributed by atoms with Crippen molar-refractivity contribution in [1.29, 1.82) is 0 Å². The van der Waals surface area contributed by atoms with Gasteiger partial charge in [-0.05, 0) is 49.5 Å². The zero-order chi connectivity index (χ0) is 29.6. The molecule has 1 radical (unpaired) electrons. The predicted octanol–water partition coefficient (Wildman–Crippen LogP) is 8.53. The first-order chi connectivity index (χ1) is 20.1. The maximum atomic E-state index is 13.6. The molecule has 0 atom stereocenters. The van der Waals surface area contributed by atoms with Crippen molar-refractivity contribution in [1.82, 2.24) is 23.9 Å². The minimum Gasteiger partial charge on any atom is -0.340 e. The molecule has 0 saturated carbocycles. The molecule has 0 amide bonds. The smallest absolute Gasteiger partial charge is 0.102 e. The largest absolute Gasteiger partial charge is 0.340 e. The summed E-state index contributed by atoms with van der Waals surface area (Å²) in [4.78, 5) is 13.9. The van der Waals surface area contributed by atoms with E-state index in [2.05, 4.69) is 79.8 Å². The Bertz CT molecular complexity index is 2050. The summed E-state index contributed by atoms with van der Waals surface area (Å²) in [6.07, 6.45) is 3.86. The third-order valence-electron chi connectivity index (χ3n) is 7.25. The van der Waals surface area contributed by atoms with E-state index in [0.717, 1.165) is 39.3 Å². The van der Waals surface area contributed by atoms with Crippen LogP contribution >= 0.6 is 0 Å². The van der Waals surface area contributed by atoms with Crippen LogP contribution in [0.5, 0.6) is 0 Å². The summed E-state index contributed by atoms with van der Waals surface area (Å²) >= 11 is 0. The molecule has 0 aliphatic carbocycles. The number of hydrogen-bond acceptors (Lipinski definition) is 3. The first kappa shape index (κ1) is 30.3. The van der Waals surface area contributed by atoms with Crippen LogP contribution in [0, 0.1) is 38.7 Å². The predicted molar refractivity (Wildman–Crippen MR) is 168 cm³/mol. The molecule has 0 saturated heterocycles. The minimum atomic E-state index is -0.333. The average molecular weight is 746 g/mol. The topological polar surface area (TPSA) is 48.0 Å². The van der Waals surface area contributed by atoms with Crippen molar-refractivity contribution >= 4 is 27.6 Å². The molecule has 0 aliphatic rings. The van der Waals surface area contributed by atoms with Gasteiger partial charge in [-0.15, -0.1) is 48.0 Å². The SMILES string of the molecule is CC(C)(C)c1nc2cc(F)c[c-]c2c2nc3ccccc3n12.Cc1cc(C)c(-n2ccnc2-c2[c-]cccc2)c(C)c1.[Ir]. The Kier molecular flexibility index (Phi) is 8.33. The van der Waals surface area contributed by atoms with Crippen LogP contribution < -0.4 is 0 Å². The van der Waals surface area contributed by atoms with E-state index in [0.29, 0.717) is 5.52 Å². The van der Waals surface area contributed by atoms with E-state index in [4.69, 9.17) is 9.97 Å². The van der Waals surface area contributed by atoms with Crippen LogP contribution in [-0.2, 0) is 25.5 Å². The number of fused-ring (bicyclic) bond motifs is 5. The Balaban J connectivity index is 0.000000168. The van der Waals surface area contributed by atoms with E-state index in [1.807, 2.05) is 60.9 Å². The summed E-state index contributed by atoms with van der Waals surface area (Å²) in [5.41, 5.74) is 9.12. The van der Waals surface area contributed by atoms with E-state index >= 15 is 0 Å². The maximum Gasteiger partial charge on any atom is 0.102 e. The van der Waals surface area contributed by atoms with Crippen LogP contribution in [0.1, 0.15) is 43.3 Å². The molecule has 3 aromatic heterocycles. The van der Waals surface area contributed by atoms with Gasteiger partial charge in [0, 0.05) is 49.4 Å². The van der Waals surface area contributed by atoms with Crippen molar-refractivity contribution in [3.8, 4) is 17.1 Å². The second-order valence-corrected chi connectivity index (χ2v) is 11.7. The number of para-hydroxylation sites is 2. The quantitative estimate of drug-likeness (QED) is 0.167. The Morgan fingerprint density at radius 1 is 0.837 bits per heavy atom. The molecule has 7 rings (SSSR count). The molecule has 43 heavy (non-hydrogen) atoms. The summed E-state index contributed by atoms with van der Waals surface area (Å²) in [5, 5.41) is 0.741. The fraction of sp³-hybridized carbons (Fsp3) is 0.194. The minimum absolute atomic E-state index is 0. The molecular weight excluding hydrogens is 714 g/mol. The first-order valence-electron chi connectivity index (χ1n) is 14.0. The zero-order valence-electron chi connectivity index (χ0n) is 25.0. The van der Waals surface area contributed by atoms with Crippen molar-refractivity contribution < 1.29 is 24.5 Å². The van der Waals surface area contributed by atoms with Gasteiger partial charge in [0.2, 0.25) is 0 Å². The van der Waals surface area contributed by atoms with Crippen molar-refractivity contribution in [2.45, 2.75) is 47.0 Å². The van der Waals surface area contributed by atoms with Gasteiger partial charge in [0.1, 0.15) is 5.82 Å². The molecular formula is C36H32FIrN5-2. The molecule has 0 N–H and O–H groups in total. The van der Waals surface area contributed by atoms with E-state index < -0.39 is 0 Å². The Morgan fingerprint density at radius 2 is 1.56 bits per heavy atom. The van der Waals surface area contributed by atoms with Crippen LogP contribution in [0.15, 0.2) is 85.2 Å². The number of nitrogens with zero attached hydrogens (tertiary/aromatic N) is 5. The number of imidazole rings is 2. The van der Waals surface area contributed by atoms with Gasteiger partial charge in [-0.1, -0.05) is 62.1 Å². The fourth-order valence-corrected chi connectivity index (χ4v) is 5.57. The third kappa shape index (κ3) is 5.75. The van der Waals surface area contributed by atoms with Crippen LogP contribution in [0.25, 0.3) is 44.7 Å². The van der Waals surface area contributed by atoms with Crippen molar-refractivity contribution in [2.75, 3.05) is 0 Å². The average Bonchev–Trinajstić information content (AvgIpc) is 3.58. The maximum absolute atomic E-state index is 13.6. The monoisotopic (exact) mass is 746 g/mol. The van der Waals surface area contributed by atoms with Gasteiger partial charge in [0.25, 0.3) is 0 Å². The normalized spacial score (nSPS) is 11.4. The van der Waals surface area contributed by atoms with E-state index in [-0.39, 0.29) is 31.3 Å². The molecule has 3 heterocycles. The number of aromatic nitrogens is 5. The fourth-order valence-electron chi connectivity index (χ4n) is 5.57. The van der Waals surface area contributed by atoms with Gasteiger partial charge in [-0.3, -0.25) is 19.3 Å². The standard InChI is InChI=1S/C18H15FN3.C18H17N2.Ir/c1-18(2,3)17-21-14-10-11(19)8-9-12(14)16-20-13-6-4-5-7-15(13)22(16)17;1-13-11-14(2)17(15(3)12-13)20-10-9-19-18(20)16-7-5-4-6-8-16;/h4-8,10H,1-3H3;4-7,9-12H,1-3H3;/q2*-1;. The van der Waals surface area contributed by atoms with Gasteiger partial charge < -0.3 is 8.97 Å². The molecule has 219 valence electrons. The van der Waals surface area contributed by atoms with E-state index in [9.17, 15) is 4.39 Å². The second-order valence-electron chi connectivity index (χ2n) is 11.7. The molecule has 0 fully saturated rings. The third-order valence-corrected chi connectivity index (χ3v) is 7.25. The number of rotatable bonds is 2. The summed E-state index contributed by atoms with van der Waals surface area (Å²) < 4.78 is 17.8. The molecule has 0 spiro atoms. The van der Waals surface area contributed by atoms with Crippen molar-refractivity contribution in [3.05, 3.63) is 126 Å². The second kappa shape index (κ2) is 11.8. The number of benzene rings is 4. The summed E-state index contributed by atoms with van der Waals surface area (Å²) in [6.45, 7) is 12.7. The van der Waals surface area contributed by atoms with Gasteiger partial charge in [0.15, 0.2) is 0 Å². The summed E-state index contributed by atoms with van der Waals surface area (Å²) in [6, 6.07) is 29.3. The van der Waals surface area contributed by atoms with Crippen LogP contribution in [0.4, 0.5) is 4.39 Å². The molecule has 0 aliphatic heterocycles. The van der Waals surface area contributed by atoms with Crippen LogP contribution in [0.2, 0.25) is 0 Å². The number of halogens is 1. The Hall–Kier alpha value is -4.19. The number of hydrogen-bond donors (Lipinski definition) is 0. The van der Waals surface area contributed by atoms with Gasteiger partial charge in [-0.2, -0.15) is 0 Å². The molecule has 5 nitrogen and oxygen atoms in total. The van der Waals surface area contributed by atoms with Gasteiger partial charge in [0.05, 0.1) is 22.5 Å². The van der Waals surface area contributed by atoms with Crippen LogP contribution in [0.3, 0.4) is 0 Å². The Morgan fingerprint density at radius 3 is 2.26 bits per heavy atom. The molecule has 7 heteroatoms. The van der Waals surface area contributed by atoms with E-state index in [1.165, 1.54) is 34.5 Å². The van der Waals surface area contributed by atoms with Crippen molar-refractivity contribution in [2.24, 2.45) is 0 Å². The van der Waals surface area contributed by atoms with Crippen LogP contribution in [-0.4, -0.2) is 23.9 Å². The first-order valence-corrected chi connectivity index (χ1v) is 14.0. The number of aryl methyl sites for hydroxylation is 3.